The van der Waals surface area contributed by atoms with Crippen LogP contribution in [0.3, 0.4) is 0 Å². The Morgan fingerprint density at radius 2 is 2.38 bits per heavy atom. The Morgan fingerprint density at radius 3 is 3.04 bits per heavy atom. The Bertz CT molecular complexity index is 671. The number of thiophene rings is 1. The molecule has 0 aliphatic carbocycles. The summed E-state index contributed by atoms with van der Waals surface area (Å²) in [6, 6.07) is 3.79. The molecule has 8 heteroatoms. The molecule has 3 rings (SSSR count). The number of rotatable bonds is 5. The third-order valence-corrected chi connectivity index (χ3v) is 5.19. The van der Waals surface area contributed by atoms with Gasteiger partial charge in [-0.1, -0.05) is 6.07 Å². The van der Waals surface area contributed by atoms with E-state index in [0.29, 0.717) is 6.54 Å². The number of nitrogens with one attached hydrogen (secondary N) is 1. The smallest absolute Gasteiger partial charge is 0.225 e. The van der Waals surface area contributed by atoms with Gasteiger partial charge in [0.25, 0.3) is 0 Å². The highest BCUT2D eigenvalue weighted by Gasteiger charge is 2.27. The first-order chi connectivity index (χ1) is 11.6. The van der Waals surface area contributed by atoms with E-state index in [1.807, 2.05) is 27.1 Å². The summed E-state index contributed by atoms with van der Waals surface area (Å²) < 4.78 is 1.82. The van der Waals surface area contributed by atoms with E-state index in [-0.39, 0.29) is 30.3 Å². The van der Waals surface area contributed by atoms with Gasteiger partial charge in [0.2, 0.25) is 11.8 Å². The number of likely N-dealkylation sites (tertiary alicyclic amines) is 1. The minimum absolute atomic E-state index is 0.0620. The number of amides is 2. The van der Waals surface area contributed by atoms with Gasteiger partial charge in [0.1, 0.15) is 12.7 Å². The van der Waals surface area contributed by atoms with Crippen molar-refractivity contribution in [1.82, 2.24) is 25.0 Å². The quantitative estimate of drug-likeness (QED) is 0.894. The van der Waals surface area contributed by atoms with Crippen LogP contribution in [0.2, 0.25) is 0 Å². The van der Waals surface area contributed by atoms with E-state index in [1.165, 1.54) is 13.3 Å². The van der Waals surface area contributed by atoms with Crippen LogP contribution < -0.4 is 5.32 Å². The molecule has 0 unspecified atom stereocenters. The molecule has 7 nitrogen and oxygen atoms in total. The second-order valence-electron chi connectivity index (χ2n) is 5.98. The maximum atomic E-state index is 12.7. The summed E-state index contributed by atoms with van der Waals surface area (Å²) in [6.07, 6.45) is 5.44. The van der Waals surface area contributed by atoms with Crippen molar-refractivity contribution in [3.05, 3.63) is 35.0 Å². The molecule has 0 saturated carbocycles. The molecule has 1 fully saturated rings. The molecule has 2 amide bonds. The van der Waals surface area contributed by atoms with Crippen LogP contribution in [0.25, 0.3) is 0 Å². The van der Waals surface area contributed by atoms with Gasteiger partial charge in [-0.3, -0.25) is 9.59 Å². The molecule has 3 heterocycles. The maximum Gasteiger partial charge on any atom is 0.225 e. The van der Waals surface area contributed by atoms with Crippen LogP contribution in [-0.2, 0) is 9.59 Å². The molecule has 24 heavy (non-hydrogen) atoms. The summed E-state index contributed by atoms with van der Waals surface area (Å²) in [5.74, 6) is -0.0627. The molecule has 1 N–H and O–H groups in total. The summed E-state index contributed by atoms with van der Waals surface area (Å²) in [5.41, 5.74) is 0. The van der Waals surface area contributed by atoms with E-state index >= 15 is 0 Å². The molecule has 0 radical (unpaired) electrons. The van der Waals surface area contributed by atoms with Crippen molar-refractivity contribution < 1.29 is 9.59 Å². The molecule has 0 bridgehead atoms. The maximum absolute atomic E-state index is 12.7. The lowest BCUT2D eigenvalue weighted by Crippen LogP contribution is -2.42. The van der Waals surface area contributed by atoms with Crippen molar-refractivity contribution in [2.45, 2.75) is 38.3 Å². The summed E-state index contributed by atoms with van der Waals surface area (Å²) in [4.78, 5) is 31.1. The first-order valence-electron chi connectivity index (χ1n) is 8.06. The van der Waals surface area contributed by atoms with Gasteiger partial charge in [0.05, 0.1) is 18.5 Å². The number of hydrogen-bond donors (Lipinski definition) is 1. The highest BCUT2D eigenvalue weighted by atomic mass is 32.1. The first-order valence-corrected chi connectivity index (χ1v) is 8.94. The molecule has 2 atom stereocenters. The van der Waals surface area contributed by atoms with E-state index < -0.39 is 0 Å². The summed E-state index contributed by atoms with van der Waals surface area (Å²) >= 11 is 1.55. The Kier molecular flexibility index (Phi) is 5.24. The molecular weight excluding hydrogens is 326 g/mol. The van der Waals surface area contributed by atoms with Crippen LogP contribution in [-0.4, -0.2) is 44.6 Å². The van der Waals surface area contributed by atoms with Crippen molar-refractivity contribution >= 4 is 23.2 Å². The molecular formula is C16H21N5O2S. The zero-order valence-corrected chi connectivity index (χ0v) is 14.4. The van der Waals surface area contributed by atoms with Crippen LogP contribution >= 0.6 is 11.3 Å². The second-order valence-corrected chi connectivity index (χ2v) is 6.96. The van der Waals surface area contributed by atoms with Crippen molar-refractivity contribution in [3.63, 3.8) is 0 Å². The minimum Gasteiger partial charge on any atom is -0.348 e. The van der Waals surface area contributed by atoms with Crippen LogP contribution in [0.5, 0.6) is 0 Å². The molecule has 1 aliphatic heterocycles. The van der Waals surface area contributed by atoms with Gasteiger partial charge in [0.15, 0.2) is 0 Å². The lowest BCUT2D eigenvalue weighted by atomic mass is 10.0. The molecule has 128 valence electrons. The molecule has 1 aliphatic rings. The third-order valence-electron chi connectivity index (χ3n) is 4.20. The molecule has 2 aromatic heterocycles. The Labute approximate surface area is 144 Å². The minimum atomic E-state index is -0.262. The fourth-order valence-corrected chi connectivity index (χ4v) is 3.84. The normalized spacial score (nSPS) is 19.0. The lowest BCUT2D eigenvalue weighted by molar-refractivity contribution is -0.133. The van der Waals surface area contributed by atoms with E-state index in [9.17, 15) is 9.59 Å². The highest BCUT2D eigenvalue weighted by molar-refractivity contribution is 7.10. The van der Waals surface area contributed by atoms with E-state index in [0.717, 1.165) is 24.3 Å². The van der Waals surface area contributed by atoms with Gasteiger partial charge in [-0.15, -0.1) is 11.3 Å². The molecule has 0 aromatic carbocycles. The number of piperidine rings is 1. The number of nitrogens with zero attached hydrogens (tertiary/aromatic N) is 4. The Hall–Kier alpha value is -2.22. The van der Waals surface area contributed by atoms with Gasteiger partial charge in [-0.2, -0.15) is 5.10 Å². The first kappa shape index (κ1) is 16.6. The van der Waals surface area contributed by atoms with Gasteiger partial charge < -0.3 is 10.2 Å². The van der Waals surface area contributed by atoms with Crippen molar-refractivity contribution in [3.8, 4) is 0 Å². The predicted octanol–water partition coefficient (Wildman–Crippen LogP) is 1.77. The SMILES string of the molecule is CC(=O)N[C@@H](CC(=O)N1CCC[C@@H](n2cncn2)C1)c1cccs1. The lowest BCUT2D eigenvalue weighted by Gasteiger charge is -2.33. The van der Waals surface area contributed by atoms with Gasteiger partial charge >= 0.3 is 0 Å². The monoisotopic (exact) mass is 347 g/mol. The predicted molar refractivity (Wildman–Crippen MR) is 90.4 cm³/mol. The van der Waals surface area contributed by atoms with Gasteiger partial charge in [-0.05, 0) is 24.3 Å². The van der Waals surface area contributed by atoms with Crippen molar-refractivity contribution in [2.75, 3.05) is 13.1 Å². The van der Waals surface area contributed by atoms with Gasteiger partial charge in [0, 0.05) is 24.9 Å². The second kappa shape index (κ2) is 7.57. The van der Waals surface area contributed by atoms with Crippen molar-refractivity contribution in [2.24, 2.45) is 0 Å². The average Bonchev–Trinajstić information content (AvgIpc) is 3.27. The summed E-state index contributed by atoms with van der Waals surface area (Å²) in [7, 11) is 0. The highest BCUT2D eigenvalue weighted by Crippen LogP contribution is 2.25. The number of hydrogen-bond acceptors (Lipinski definition) is 5. The van der Waals surface area contributed by atoms with Crippen LogP contribution in [0.15, 0.2) is 30.2 Å². The zero-order valence-electron chi connectivity index (χ0n) is 13.6. The van der Waals surface area contributed by atoms with Crippen molar-refractivity contribution in [1.29, 1.82) is 0 Å². The molecule has 1 saturated heterocycles. The van der Waals surface area contributed by atoms with Crippen LogP contribution in [0, 0.1) is 0 Å². The Balaban J connectivity index is 1.65. The zero-order chi connectivity index (χ0) is 16.9. The summed E-state index contributed by atoms with van der Waals surface area (Å²) in [6.45, 7) is 2.87. The summed E-state index contributed by atoms with van der Waals surface area (Å²) in [5, 5.41) is 9.03. The van der Waals surface area contributed by atoms with E-state index in [2.05, 4.69) is 15.4 Å². The molecule has 0 spiro atoms. The molecule has 2 aromatic rings. The Morgan fingerprint density at radius 1 is 1.50 bits per heavy atom. The number of aromatic nitrogens is 3. The topological polar surface area (TPSA) is 80.1 Å². The number of carbonyl (C=O) groups excluding carboxylic acids is 2. The van der Waals surface area contributed by atoms with Crippen LogP contribution in [0.1, 0.15) is 43.1 Å². The van der Waals surface area contributed by atoms with Crippen LogP contribution in [0.4, 0.5) is 0 Å². The van der Waals surface area contributed by atoms with Gasteiger partial charge in [-0.25, -0.2) is 9.67 Å². The average molecular weight is 347 g/mol. The largest absolute Gasteiger partial charge is 0.348 e. The fourth-order valence-electron chi connectivity index (χ4n) is 3.06. The standard InChI is InChI=1S/C16H21N5O2S/c1-12(22)19-14(15-5-3-7-24-15)8-16(23)20-6-2-4-13(9-20)21-11-17-10-18-21/h3,5,7,10-11,13-14H,2,4,6,8-9H2,1H3,(H,19,22)/t13-,14+/m1/s1. The fraction of sp³-hybridized carbons (Fsp3) is 0.500. The third kappa shape index (κ3) is 4.00. The number of carbonyl (C=O) groups is 2. The van der Waals surface area contributed by atoms with E-state index in [1.54, 1.807) is 17.7 Å². The van der Waals surface area contributed by atoms with E-state index in [4.69, 9.17) is 0 Å².